The molecule has 1 heteroatoms. The van der Waals surface area contributed by atoms with E-state index in [9.17, 15) is 4.79 Å². The molecule has 0 aromatic heterocycles. The molecule has 1 nitrogen and oxygen atoms in total. The lowest BCUT2D eigenvalue weighted by atomic mass is 9.54. The second-order valence-corrected chi connectivity index (χ2v) is 5.74. The van der Waals surface area contributed by atoms with Gasteiger partial charge in [0.05, 0.1) is 0 Å². The van der Waals surface area contributed by atoms with Gasteiger partial charge in [0.1, 0.15) is 0 Å². The van der Waals surface area contributed by atoms with E-state index in [1.165, 1.54) is 38.5 Å². The number of hydrogen-bond donors (Lipinski definition) is 0. The highest BCUT2D eigenvalue weighted by Crippen LogP contribution is 2.55. The molecule has 0 N–H and O–H groups in total. The van der Waals surface area contributed by atoms with Crippen LogP contribution >= 0.6 is 0 Å². The summed E-state index contributed by atoms with van der Waals surface area (Å²) in [7, 11) is 0. The Morgan fingerprint density at radius 1 is 1.00 bits per heavy atom. The van der Waals surface area contributed by atoms with Gasteiger partial charge < -0.3 is 0 Å². The Morgan fingerprint density at radius 2 is 1.71 bits per heavy atom. The second-order valence-electron chi connectivity index (χ2n) is 5.74. The van der Waals surface area contributed by atoms with Gasteiger partial charge in [-0.2, -0.15) is 0 Å². The average Bonchev–Trinajstić information content (AvgIpc) is 2.37. The minimum absolute atomic E-state index is 0.312. The zero-order valence-corrected chi connectivity index (χ0v) is 10.3. The Hall–Kier alpha value is -1.11. The quantitative estimate of drug-likeness (QED) is 0.692. The lowest BCUT2D eigenvalue weighted by Crippen LogP contribution is -2.43. The maximum absolute atomic E-state index is 12.6. The molecular weight excluding hydrogens is 208 g/mol. The van der Waals surface area contributed by atoms with Crippen LogP contribution in [0.4, 0.5) is 0 Å². The summed E-state index contributed by atoms with van der Waals surface area (Å²) >= 11 is 0. The summed E-state index contributed by atoms with van der Waals surface area (Å²) in [6.45, 7) is 0. The van der Waals surface area contributed by atoms with Gasteiger partial charge in [0, 0.05) is 11.5 Å². The summed E-state index contributed by atoms with van der Waals surface area (Å²) in [4.78, 5) is 12.6. The minimum Gasteiger partial charge on any atom is -0.294 e. The van der Waals surface area contributed by atoms with E-state index in [4.69, 9.17) is 0 Å². The van der Waals surface area contributed by atoms with Crippen LogP contribution in [0.3, 0.4) is 0 Å². The third kappa shape index (κ3) is 1.82. The summed E-state index contributed by atoms with van der Waals surface area (Å²) in [5.41, 5.74) is 1.32. The van der Waals surface area contributed by atoms with Crippen molar-refractivity contribution in [2.45, 2.75) is 44.9 Å². The molecule has 0 heterocycles. The van der Waals surface area contributed by atoms with E-state index in [-0.39, 0.29) is 0 Å². The van der Waals surface area contributed by atoms with Gasteiger partial charge in [-0.25, -0.2) is 0 Å². The van der Waals surface area contributed by atoms with Gasteiger partial charge in [0.2, 0.25) is 0 Å². The molecule has 2 aliphatic carbocycles. The van der Waals surface area contributed by atoms with Gasteiger partial charge in [0.25, 0.3) is 0 Å². The summed E-state index contributed by atoms with van der Waals surface area (Å²) < 4.78 is 0. The second kappa shape index (κ2) is 4.29. The van der Waals surface area contributed by atoms with Crippen LogP contribution in [0.25, 0.3) is 0 Å². The molecule has 0 aliphatic heterocycles. The first kappa shape index (κ1) is 11.0. The van der Waals surface area contributed by atoms with Crippen LogP contribution in [0.1, 0.15) is 55.3 Å². The van der Waals surface area contributed by atoms with E-state index in [0.717, 1.165) is 12.0 Å². The van der Waals surface area contributed by atoms with Gasteiger partial charge in [-0.15, -0.1) is 0 Å². The van der Waals surface area contributed by atoms with Crippen LogP contribution in [0.2, 0.25) is 0 Å². The predicted octanol–water partition coefficient (Wildman–Crippen LogP) is 4.23. The van der Waals surface area contributed by atoms with Crippen molar-refractivity contribution < 1.29 is 4.79 Å². The van der Waals surface area contributed by atoms with E-state index in [0.29, 0.717) is 17.1 Å². The van der Waals surface area contributed by atoms with Crippen molar-refractivity contribution in [3.05, 3.63) is 35.9 Å². The molecule has 1 aromatic carbocycles. The Kier molecular flexibility index (Phi) is 2.78. The third-order valence-corrected chi connectivity index (χ3v) is 4.88. The Balaban J connectivity index is 1.85. The Bertz CT molecular complexity index is 403. The van der Waals surface area contributed by atoms with Crippen LogP contribution in [0.15, 0.2) is 30.3 Å². The summed E-state index contributed by atoms with van der Waals surface area (Å²) in [6, 6.07) is 9.89. The van der Waals surface area contributed by atoms with E-state index in [1.54, 1.807) is 0 Å². The number of ketones is 1. The maximum atomic E-state index is 12.6. The fourth-order valence-corrected chi connectivity index (χ4v) is 3.75. The summed E-state index contributed by atoms with van der Waals surface area (Å²) in [6.07, 6.45) is 8.89. The van der Waals surface area contributed by atoms with Crippen LogP contribution in [-0.4, -0.2) is 5.78 Å². The lowest BCUT2D eigenvalue weighted by molar-refractivity contribution is 0.0119. The summed E-state index contributed by atoms with van der Waals surface area (Å²) in [5.74, 6) is 0.720. The average molecular weight is 228 g/mol. The fourth-order valence-electron chi connectivity index (χ4n) is 3.75. The van der Waals surface area contributed by atoms with Gasteiger partial charge in [-0.05, 0) is 31.1 Å². The van der Waals surface area contributed by atoms with Gasteiger partial charge in [-0.3, -0.25) is 4.79 Å². The van der Waals surface area contributed by atoms with E-state index in [2.05, 4.69) is 0 Å². The number of benzene rings is 1. The first-order valence-corrected chi connectivity index (χ1v) is 6.91. The molecule has 0 bridgehead atoms. The molecular formula is C16H20O. The third-order valence-electron chi connectivity index (χ3n) is 4.88. The van der Waals surface area contributed by atoms with E-state index < -0.39 is 0 Å². The van der Waals surface area contributed by atoms with Crippen LogP contribution in [0.5, 0.6) is 0 Å². The molecule has 0 radical (unpaired) electrons. The van der Waals surface area contributed by atoms with Gasteiger partial charge >= 0.3 is 0 Å². The molecule has 2 fully saturated rings. The van der Waals surface area contributed by atoms with E-state index >= 15 is 0 Å². The zero-order chi connectivity index (χ0) is 11.7. The molecule has 2 saturated carbocycles. The fraction of sp³-hybridized carbons (Fsp3) is 0.562. The maximum Gasteiger partial charge on any atom is 0.166 e. The molecule has 17 heavy (non-hydrogen) atoms. The van der Waals surface area contributed by atoms with Gasteiger partial charge in [-0.1, -0.05) is 49.6 Å². The number of hydrogen-bond acceptors (Lipinski definition) is 1. The highest BCUT2D eigenvalue weighted by molar-refractivity contribution is 5.98. The van der Waals surface area contributed by atoms with Crippen molar-refractivity contribution in [2.75, 3.05) is 0 Å². The first-order valence-electron chi connectivity index (χ1n) is 6.91. The molecule has 1 aromatic rings. The number of carbonyl (C=O) groups is 1. The zero-order valence-electron chi connectivity index (χ0n) is 10.3. The van der Waals surface area contributed by atoms with Crippen molar-refractivity contribution in [1.82, 2.24) is 0 Å². The lowest BCUT2D eigenvalue weighted by Gasteiger charge is -2.50. The number of rotatable bonds is 2. The van der Waals surface area contributed by atoms with Gasteiger partial charge in [0.15, 0.2) is 5.78 Å². The molecule has 2 aliphatic rings. The molecule has 0 saturated heterocycles. The highest BCUT2D eigenvalue weighted by atomic mass is 16.1. The van der Waals surface area contributed by atoms with Crippen molar-refractivity contribution in [2.24, 2.45) is 11.3 Å². The number of Topliss-reactive ketones (excluding diaryl/α,β-unsaturated/α-hetero) is 1. The molecule has 1 unspecified atom stereocenters. The summed E-state index contributed by atoms with van der Waals surface area (Å²) in [5, 5.41) is 0. The largest absolute Gasteiger partial charge is 0.294 e. The van der Waals surface area contributed by atoms with Crippen LogP contribution < -0.4 is 0 Å². The van der Waals surface area contributed by atoms with Crippen molar-refractivity contribution >= 4 is 5.78 Å². The van der Waals surface area contributed by atoms with Crippen molar-refractivity contribution in [1.29, 1.82) is 0 Å². The Labute approximate surface area is 103 Å². The topological polar surface area (TPSA) is 17.1 Å². The number of carbonyl (C=O) groups excluding carboxylic acids is 1. The standard InChI is InChI=1S/C16H20O/c17-15(13-7-2-1-3-8-13)14-9-4-5-10-16(14)11-6-12-16/h1-3,7-8,14H,4-6,9-12H2. The molecule has 3 rings (SSSR count). The van der Waals surface area contributed by atoms with Crippen LogP contribution in [0, 0.1) is 11.3 Å². The predicted molar refractivity (Wildman–Crippen MR) is 69.0 cm³/mol. The molecule has 90 valence electrons. The monoisotopic (exact) mass is 228 g/mol. The first-order chi connectivity index (χ1) is 8.32. The van der Waals surface area contributed by atoms with Crippen molar-refractivity contribution in [3.63, 3.8) is 0 Å². The van der Waals surface area contributed by atoms with Crippen molar-refractivity contribution in [3.8, 4) is 0 Å². The normalized spacial score (nSPS) is 26.5. The van der Waals surface area contributed by atoms with E-state index in [1.807, 2.05) is 30.3 Å². The smallest absolute Gasteiger partial charge is 0.166 e. The Morgan fingerprint density at radius 3 is 2.35 bits per heavy atom. The molecule has 1 atom stereocenters. The minimum atomic E-state index is 0.312. The SMILES string of the molecule is O=C(c1ccccc1)C1CCCCC12CCC2. The van der Waals surface area contributed by atoms with Crippen LogP contribution in [-0.2, 0) is 0 Å². The molecule has 0 amide bonds. The highest BCUT2D eigenvalue weighted by Gasteiger charge is 2.48. The molecule has 1 spiro atoms.